The number of nitrogens with zero attached hydrogens (tertiary/aromatic N) is 3. The zero-order valence-corrected chi connectivity index (χ0v) is 17.3. The third-order valence-corrected chi connectivity index (χ3v) is 6.88. The van der Waals surface area contributed by atoms with Crippen molar-refractivity contribution in [2.45, 2.75) is 42.4 Å². The van der Waals surface area contributed by atoms with Crippen molar-refractivity contribution in [1.29, 1.82) is 0 Å². The second-order valence-electron chi connectivity index (χ2n) is 7.74. The van der Waals surface area contributed by atoms with Crippen LogP contribution in [0.2, 0.25) is 0 Å². The Morgan fingerprint density at radius 2 is 1.67 bits per heavy atom. The molecule has 1 fully saturated rings. The first-order chi connectivity index (χ1) is 14.7. The lowest BCUT2D eigenvalue weighted by Crippen LogP contribution is -2.00. The molecule has 2 aromatic carbocycles. The standard InChI is InChI=1S/C24H23N3O2S/c28-18-12-10-16(11-13-18)14-20-24(29)27-15-21(17-6-2-1-3-7-17)26-23(22(27)25-20)30-19-8-4-5-9-19/h1-3,6-7,10-13,15,19,28-29H,4-5,8-9,14H2. The number of rotatable bonds is 5. The van der Waals surface area contributed by atoms with E-state index in [1.54, 1.807) is 28.3 Å². The van der Waals surface area contributed by atoms with Crippen LogP contribution in [0.5, 0.6) is 11.6 Å². The Balaban J connectivity index is 1.60. The van der Waals surface area contributed by atoms with Crippen LogP contribution in [0.4, 0.5) is 0 Å². The van der Waals surface area contributed by atoms with Crippen molar-refractivity contribution < 1.29 is 10.2 Å². The van der Waals surface area contributed by atoms with E-state index in [0.29, 0.717) is 23.0 Å². The minimum Gasteiger partial charge on any atom is -0.508 e. The highest BCUT2D eigenvalue weighted by atomic mass is 32.2. The second kappa shape index (κ2) is 8.03. The Labute approximate surface area is 179 Å². The first-order valence-corrected chi connectivity index (χ1v) is 11.2. The van der Waals surface area contributed by atoms with Gasteiger partial charge < -0.3 is 10.2 Å². The van der Waals surface area contributed by atoms with E-state index in [0.717, 1.165) is 21.8 Å². The van der Waals surface area contributed by atoms with Crippen molar-refractivity contribution in [3.63, 3.8) is 0 Å². The number of aromatic nitrogens is 3. The number of hydrogen-bond donors (Lipinski definition) is 2. The van der Waals surface area contributed by atoms with E-state index in [9.17, 15) is 10.2 Å². The van der Waals surface area contributed by atoms with Gasteiger partial charge in [0.25, 0.3) is 0 Å². The van der Waals surface area contributed by atoms with Gasteiger partial charge in [0.05, 0.1) is 5.69 Å². The van der Waals surface area contributed by atoms with Gasteiger partial charge in [0, 0.05) is 23.4 Å². The summed E-state index contributed by atoms with van der Waals surface area (Å²) in [7, 11) is 0. The summed E-state index contributed by atoms with van der Waals surface area (Å²) in [5.41, 5.74) is 4.14. The fourth-order valence-corrected chi connectivity index (χ4v) is 5.26. The molecule has 0 amide bonds. The van der Waals surface area contributed by atoms with Gasteiger partial charge in [-0.3, -0.25) is 4.40 Å². The topological polar surface area (TPSA) is 70.7 Å². The number of phenolic OH excluding ortho intramolecular Hbond substituents is 1. The average molecular weight is 418 g/mol. The largest absolute Gasteiger partial charge is 0.508 e. The molecule has 0 atom stereocenters. The van der Waals surface area contributed by atoms with Crippen LogP contribution < -0.4 is 0 Å². The molecule has 1 aliphatic rings. The highest BCUT2D eigenvalue weighted by Crippen LogP contribution is 2.38. The molecule has 0 radical (unpaired) electrons. The third kappa shape index (κ3) is 3.75. The number of aromatic hydroxyl groups is 2. The van der Waals surface area contributed by atoms with Gasteiger partial charge >= 0.3 is 0 Å². The Morgan fingerprint density at radius 1 is 0.933 bits per heavy atom. The lowest BCUT2D eigenvalue weighted by atomic mass is 10.1. The number of thioether (sulfide) groups is 1. The third-order valence-electron chi connectivity index (χ3n) is 5.58. The molecule has 0 spiro atoms. The maximum atomic E-state index is 11.0. The van der Waals surface area contributed by atoms with Gasteiger partial charge in [-0.2, -0.15) is 0 Å². The van der Waals surface area contributed by atoms with E-state index in [1.807, 2.05) is 48.7 Å². The van der Waals surface area contributed by atoms with Crippen molar-refractivity contribution in [2.24, 2.45) is 0 Å². The SMILES string of the molecule is Oc1ccc(Cc2nc3c(SC4CCCC4)nc(-c4ccccc4)cn3c2O)cc1. The molecule has 1 saturated carbocycles. The highest BCUT2D eigenvalue weighted by molar-refractivity contribution is 8.00. The number of fused-ring (bicyclic) bond motifs is 1. The molecular weight excluding hydrogens is 394 g/mol. The molecular formula is C24H23N3O2S. The number of phenols is 1. The van der Waals surface area contributed by atoms with Crippen LogP contribution in [0.25, 0.3) is 16.9 Å². The zero-order valence-electron chi connectivity index (χ0n) is 16.5. The molecule has 5 rings (SSSR count). The van der Waals surface area contributed by atoms with Crippen molar-refractivity contribution in [3.05, 3.63) is 72.1 Å². The smallest absolute Gasteiger partial charge is 0.219 e. The summed E-state index contributed by atoms with van der Waals surface area (Å²) in [6.07, 6.45) is 7.27. The van der Waals surface area contributed by atoms with Crippen LogP contribution in [0, 0.1) is 0 Å². The molecule has 1 aliphatic carbocycles. The number of hydrogen-bond acceptors (Lipinski definition) is 5. The molecule has 30 heavy (non-hydrogen) atoms. The highest BCUT2D eigenvalue weighted by Gasteiger charge is 2.22. The van der Waals surface area contributed by atoms with Gasteiger partial charge in [-0.15, -0.1) is 0 Å². The molecule has 0 bridgehead atoms. The maximum Gasteiger partial charge on any atom is 0.219 e. The van der Waals surface area contributed by atoms with Crippen LogP contribution in [0.1, 0.15) is 36.9 Å². The lowest BCUT2D eigenvalue weighted by molar-refractivity contribution is 0.442. The van der Waals surface area contributed by atoms with Gasteiger partial charge in [-0.05, 0) is 30.5 Å². The molecule has 152 valence electrons. The molecule has 5 nitrogen and oxygen atoms in total. The van der Waals surface area contributed by atoms with Gasteiger partial charge in [-0.25, -0.2) is 9.97 Å². The van der Waals surface area contributed by atoms with E-state index in [2.05, 4.69) is 0 Å². The van der Waals surface area contributed by atoms with Crippen molar-refractivity contribution in [2.75, 3.05) is 0 Å². The van der Waals surface area contributed by atoms with Gasteiger partial charge in [0.15, 0.2) is 5.65 Å². The summed E-state index contributed by atoms with van der Waals surface area (Å²) < 4.78 is 1.77. The fraction of sp³-hybridized carbons (Fsp3) is 0.250. The lowest BCUT2D eigenvalue weighted by Gasteiger charge is -2.11. The molecule has 0 unspecified atom stereocenters. The van der Waals surface area contributed by atoms with E-state index in [-0.39, 0.29) is 11.6 Å². The van der Waals surface area contributed by atoms with Crippen molar-refractivity contribution >= 4 is 17.4 Å². The summed E-state index contributed by atoms with van der Waals surface area (Å²) >= 11 is 1.78. The summed E-state index contributed by atoms with van der Waals surface area (Å²) in [4.78, 5) is 9.72. The fourth-order valence-electron chi connectivity index (χ4n) is 3.97. The minimum absolute atomic E-state index is 0.144. The quantitative estimate of drug-likeness (QED) is 0.453. The van der Waals surface area contributed by atoms with Gasteiger partial charge in [0.1, 0.15) is 16.5 Å². The zero-order chi connectivity index (χ0) is 20.5. The molecule has 6 heteroatoms. The van der Waals surface area contributed by atoms with Crippen LogP contribution in [0.3, 0.4) is 0 Å². The van der Waals surface area contributed by atoms with E-state index < -0.39 is 0 Å². The van der Waals surface area contributed by atoms with Gasteiger partial charge in [0.2, 0.25) is 5.88 Å². The van der Waals surface area contributed by atoms with Crippen LogP contribution in [0.15, 0.2) is 65.8 Å². The van der Waals surface area contributed by atoms with Crippen LogP contribution in [-0.2, 0) is 6.42 Å². The van der Waals surface area contributed by atoms with Crippen LogP contribution >= 0.6 is 11.8 Å². The number of imidazole rings is 1. The Bertz CT molecular complexity index is 1170. The monoisotopic (exact) mass is 417 g/mol. The summed E-state index contributed by atoms with van der Waals surface area (Å²) in [6, 6.07) is 17.0. The van der Waals surface area contributed by atoms with Gasteiger partial charge in [-0.1, -0.05) is 67.1 Å². The van der Waals surface area contributed by atoms with Crippen molar-refractivity contribution in [1.82, 2.24) is 14.4 Å². The molecule has 2 aromatic heterocycles. The normalized spacial score (nSPS) is 14.5. The molecule has 0 aliphatic heterocycles. The first kappa shape index (κ1) is 19.0. The predicted octanol–water partition coefficient (Wildman–Crippen LogP) is 5.43. The summed E-state index contributed by atoms with van der Waals surface area (Å²) in [6.45, 7) is 0. The predicted molar refractivity (Wildman–Crippen MR) is 119 cm³/mol. The Kier molecular flexibility index (Phi) is 5.09. The minimum atomic E-state index is 0.144. The molecule has 0 saturated heterocycles. The maximum absolute atomic E-state index is 11.0. The molecule has 2 heterocycles. The summed E-state index contributed by atoms with van der Waals surface area (Å²) in [5, 5.41) is 21.9. The summed E-state index contributed by atoms with van der Waals surface area (Å²) in [5.74, 6) is 0.371. The molecule has 4 aromatic rings. The second-order valence-corrected chi connectivity index (χ2v) is 9.03. The Hall–Kier alpha value is -2.99. The first-order valence-electron chi connectivity index (χ1n) is 10.3. The van der Waals surface area contributed by atoms with E-state index in [4.69, 9.17) is 9.97 Å². The van der Waals surface area contributed by atoms with Crippen molar-refractivity contribution in [3.8, 4) is 22.9 Å². The van der Waals surface area contributed by atoms with Crippen LogP contribution in [-0.4, -0.2) is 29.8 Å². The Morgan fingerprint density at radius 3 is 2.40 bits per heavy atom. The average Bonchev–Trinajstić information content (AvgIpc) is 3.39. The molecule has 2 N–H and O–H groups in total. The van der Waals surface area contributed by atoms with E-state index >= 15 is 0 Å². The number of benzene rings is 2. The van der Waals surface area contributed by atoms with E-state index in [1.165, 1.54) is 25.7 Å².